The van der Waals surface area contributed by atoms with E-state index in [2.05, 4.69) is 98.8 Å². The Labute approximate surface area is 234 Å². The molecule has 1 amide bonds. The largest absolute Gasteiger partial charge is 0.328 e. The van der Waals surface area contributed by atoms with E-state index in [1.54, 1.807) is 0 Å². The highest BCUT2D eigenvalue weighted by Gasteiger charge is 2.36. The number of aromatic nitrogens is 2. The van der Waals surface area contributed by atoms with Gasteiger partial charge >= 0.3 is 0 Å². The Balaban J connectivity index is 1.85. The summed E-state index contributed by atoms with van der Waals surface area (Å²) in [4.78, 5) is 23.8. The van der Waals surface area contributed by atoms with Crippen LogP contribution in [0.1, 0.15) is 55.5 Å². The fraction of sp³-hybridized carbons (Fsp3) is 0.353. The topological polar surface area (TPSA) is 41.4 Å². The number of rotatable bonds is 11. The molecule has 0 spiro atoms. The summed E-state index contributed by atoms with van der Waals surface area (Å²) in [5.74, 6) is 1.10. The Morgan fingerprint density at radius 3 is 1.97 bits per heavy atom. The molecule has 204 valence electrons. The second-order valence-electron chi connectivity index (χ2n) is 11.9. The van der Waals surface area contributed by atoms with Gasteiger partial charge in [0.1, 0.15) is 5.82 Å². The van der Waals surface area contributed by atoms with E-state index in [-0.39, 0.29) is 23.3 Å². The lowest BCUT2D eigenvalue weighted by molar-refractivity contribution is 0.0457. The lowest BCUT2D eigenvalue weighted by Crippen LogP contribution is -2.46. The Morgan fingerprint density at radius 1 is 0.846 bits per heavy atom. The number of carbonyl (C=O) groups is 1. The lowest BCUT2D eigenvalue weighted by Gasteiger charge is -2.40. The summed E-state index contributed by atoms with van der Waals surface area (Å²) in [6, 6.07) is 30.2. The molecule has 0 radical (unpaired) electrons. The number of imidazole rings is 1. The first-order valence-corrected chi connectivity index (χ1v) is 13.8. The van der Waals surface area contributed by atoms with Crippen molar-refractivity contribution < 1.29 is 4.79 Å². The summed E-state index contributed by atoms with van der Waals surface area (Å²) in [7, 11) is 4.17. The van der Waals surface area contributed by atoms with Crippen LogP contribution in [0.2, 0.25) is 0 Å². The van der Waals surface area contributed by atoms with Crippen LogP contribution in [0.3, 0.4) is 0 Å². The first kappa shape index (κ1) is 28.3. The number of nitrogens with zero attached hydrogens (tertiary/aromatic N) is 4. The van der Waals surface area contributed by atoms with Crippen molar-refractivity contribution in [2.45, 2.75) is 40.3 Å². The van der Waals surface area contributed by atoms with Crippen molar-refractivity contribution in [3.8, 4) is 11.3 Å². The van der Waals surface area contributed by atoms with Gasteiger partial charge in [0.2, 0.25) is 0 Å². The van der Waals surface area contributed by atoms with E-state index < -0.39 is 0 Å². The zero-order valence-electron chi connectivity index (χ0n) is 24.2. The average Bonchev–Trinajstić information content (AvgIpc) is 3.31. The van der Waals surface area contributed by atoms with Crippen molar-refractivity contribution in [1.29, 1.82) is 0 Å². The second-order valence-corrected chi connectivity index (χ2v) is 11.9. The van der Waals surface area contributed by atoms with Crippen LogP contribution in [0.5, 0.6) is 0 Å². The SMILES string of the molecule is CC(C)[C@H](c1nc(-c2ccccc2)cn1Cc1ccccc1)N(CC(C)(C)CN(C)C)C(=O)c1ccccc1. The van der Waals surface area contributed by atoms with Crippen LogP contribution < -0.4 is 0 Å². The summed E-state index contributed by atoms with van der Waals surface area (Å²) in [5, 5.41) is 0. The van der Waals surface area contributed by atoms with Gasteiger partial charge in [-0.1, -0.05) is 107 Å². The molecule has 1 heterocycles. The third-order valence-electron chi connectivity index (χ3n) is 6.93. The van der Waals surface area contributed by atoms with Crippen LogP contribution in [-0.4, -0.2) is 52.4 Å². The monoisotopic (exact) mass is 522 g/mol. The molecule has 0 bridgehead atoms. The molecule has 0 saturated heterocycles. The Bertz CT molecular complexity index is 1330. The maximum Gasteiger partial charge on any atom is 0.254 e. The van der Waals surface area contributed by atoms with Gasteiger partial charge in [0.15, 0.2) is 0 Å². The minimum absolute atomic E-state index is 0.0386. The van der Waals surface area contributed by atoms with Crippen molar-refractivity contribution >= 4 is 5.91 Å². The summed E-state index contributed by atoms with van der Waals surface area (Å²) in [5.41, 5.74) is 3.77. The van der Waals surface area contributed by atoms with Crippen molar-refractivity contribution in [3.05, 3.63) is 114 Å². The molecular weight excluding hydrogens is 480 g/mol. The molecule has 0 saturated carbocycles. The molecule has 5 nitrogen and oxygen atoms in total. The van der Waals surface area contributed by atoms with Crippen LogP contribution in [-0.2, 0) is 6.54 Å². The molecule has 1 aromatic heterocycles. The molecule has 39 heavy (non-hydrogen) atoms. The lowest BCUT2D eigenvalue weighted by atomic mass is 9.89. The van der Waals surface area contributed by atoms with E-state index in [1.165, 1.54) is 5.56 Å². The molecule has 4 aromatic rings. The molecule has 1 atom stereocenters. The number of hydrogen-bond acceptors (Lipinski definition) is 3. The molecule has 4 rings (SSSR count). The van der Waals surface area contributed by atoms with Crippen LogP contribution >= 0.6 is 0 Å². The molecule has 5 heteroatoms. The highest BCUT2D eigenvalue weighted by atomic mass is 16.2. The van der Waals surface area contributed by atoms with Crippen LogP contribution in [0.4, 0.5) is 0 Å². The molecule has 0 N–H and O–H groups in total. The van der Waals surface area contributed by atoms with E-state index in [4.69, 9.17) is 4.98 Å². The van der Waals surface area contributed by atoms with Gasteiger partial charge in [-0.15, -0.1) is 0 Å². The van der Waals surface area contributed by atoms with E-state index in [9.17, 15) is 4.79 Å². The Morgan fingerprint density at radius 2 is 1.41 bits per heavy atom. The molecule has 0 aliphatic carbocycles. The highest BCUT2D eigenvalue weighted by Crippen LogP contribution is 2.35. The number of benzene rings is 3. The molecule has 3 aromatic carbocycles. The number of amides is 1. The fourth-order valence-corrected chi connectivity index (χ4v) is 5.53. The predicted octanol–water partition coefficient (Wildman–Crippen LogP) is 7.03. The van der Waals surface area contributed by atoms with Gasteiger partial charge in [-0.3, -0.25) is 4.79 Å². The summed E-state index contributed by atoms with van der Waals surface area (Å²) in [6.45, 7) is 11.0. The van der Waals surface area contributed by atoms with Crippen molar-refractivity contribution in [2.24, 2.45) is 11.3 Å². The van der Waals surface area contributed by atoms with Gasteiger partial charge < -0.3 is 14.4 Å². The van der Waals surface area contributed by atoms with Crippen LogP contribution in [0.15, 0.2) is 97.2 Å². The van der Waals surface area contributed by atoms with Crippen molar-refractivity contribution in [1.82, 2.24) is 19.4 Å². The van der Waals surface area contributed by atoms with Gasteiger partial charge in [-0.2, -0.15) is 0 Å². The third-order valence-corrected chi connectivity index (χ3v) is 6.93. The second kappa shape index (κ2) is 12.4. The summed E-state index contributed by atoms with van der Waals surface area (Å²) >= 11 is 0. The van der Waals surface area contributed by atoms with Gasteiger partial charge in [0.25, 0.3) is 5.91 Å². The van der Waals surface area contributed by atoms with Gasteiger partial charge in [-0.25, -0.2) is 4.98 Å². The fourth-order valence-electron chi connectivity index (χ4n) is 5.53. The van der Waals surface area contributed by atoms with E-state index >= 15 is 0 Å². The van der Waals surface area contributed by atoms with Gasteiger partial charge in [-0.05, 0) is 43.1 Å². The van der Waals surface area contributed by atoms with E-state index in [0.717, 1.165) is 23.6 Å². The first-order valence-electron chi connectivity index (χ1n) is 13.8. The maximum atomic E-state index is 14.2. The van der Waals surface area contributed by atoms with Crippen molar-refractivity contribution in [3.63, 3.8) is 0 Å². The van der Waals surface area contributed by atoms with Gasteiger partial charge in [0.05, 0.1) is 11.7 Å². The third kappa shape index (κ3) is 7.24. The van der Waals surface area contributed by atoms with Crippen LogP contribution in [0, 0.1) is 11.3 Å². The zero-order chi connectivity index (χ0) is 28.0. The number of hydrogen-bond donors (Lipinski definition) is 0. The standard InChI is InChI=1S/C34H42N4O/c1-26(2)31(38(25-34(3,4)24-36(5)6)33(39)29-20-14-9-15-21-29)32-35-30(28-18-12-8-13-19-28)23-37(32)22-27-16-10-7-11-17-27/h7-21,23,26,31H,22,24-25H2,1-6H3/t31-/m1/s1. The predicted molar refractivity (Wildman–Crippen MR) is 161 cm³/mol. The van der Waals surface area contributed by atoms with Gasteiger partial charge in [0, 0.05) is 37.0 Å². The van der Waals surface area contributed by atoms with Crippen molar-refractivity contribution in [2.75, 3.05) is 27.2 Å². The van der Waals surface area contributed by atoms with E-state index in [0.29, 0.717) is 18.7 Å². The molecule has 0 fully saturated rings. The average molecular weight is 523 g/mol. The quantitative estimate of drug-likeness (QED) is 0.212. The molecule has 0 aliphatic heterocycles. The molecule has 0 unspecified atom stereocenters. The number of carbonyl (C=O) groups excluding carboxylic acids is 1. The first-order chi connectivity index (χ1) is 18.6. The smallest absolute Gasteiger partial charge is 0.254 e. The van der Waals surface area contributed by atoms with E-state index in [1.807, 2.05) is 54.6 Å². The zero-order valence-corrected chi connectivity index (χ0v) is 24.2. The Kier molecular flexibility index (Phi) is 9.03. The maximum absolute atomic E-state index is 14.2. The normalized spacial score (nSPS) is 12.6. The minimum Gasteiger partial charge on any atom is -0.328 e. The minimum atomic E-state index is -0.208. The summed E-state index contributed by atoms with van der Waals surface area (Å²) in [6.07, 6.45) is 2.14. The molecule has 0 aliphatic rings. The summed E-state index contributed by atoms with van der Waals surface area (Å²) < 4.78 is 2.24. The Hall–Kier alpha value is -3.70. The molecular formula is C34H42N4O. The van der Waals surface area contributed by atoms with Crippen LogP contribution in [0.25, 0.3) is 11.3 Å². The highest BCUT2D eigenvalue weighted by molar-refractivity contribution is 5.94.